The molecule has 1 amide bonds. The summed E-state index contributed by atoms with van der Waals surface area (Å²) in [5, 5.41) is 10.3. The van der Waals surface area contributed by atoms with Crippen molar-refractivity contribution in [3.05, 3.63) is 39.2 Å². The van der Waals surface area contributed by atoms with Crippen LogP contribution in [0.25, 0.3) is 0 Å². The maximum absolute atomic E-state index is 12.0. The van der Waals surface area contributed by atoms with Crippen LogP contribution < -0.4 is 11.1 Å². The Morgan fingerprint density at radius 2 is 2.11 bits per heavy atom. The van der Waals surface area contributed by atoms with Gasteiger partial charge in [-0.05, 0) is 44.5 Å². The third kappa shape index (κ3) is 3.08. The number of aryl methyl sites for hydroxylation is 2. The van der Waals surface area contributed by atoms with E-state index in [0.29, 0.717) is 5.82 Å². The molecule has 0 saturated heterocycles. The highest BCUT2D eigenvalue weighted by Crippen LogP contribution is 2.26. The summed E-state index contributed by atoms with van der Waals surface area (Å²) in [6, 6.07) is 5.17. The van der Waals surface area contributed by atoms with Gasteiger partial charge in [0.15, 0.2) is 5.69 Å². The normalized spacial score (nSPS) is 12.2. The number of nitrogens with one attached hydrogen (secondary N) is 1. The third-order valence-corrected chi connectivity index (χ3v) is 3.79. The Morgan fingerprint density at radius 1 is 1.37 bits per heavy atom. The van der Waals surface area contributed by atoms with Crippen LogP contribution in [0, 0.1) is 13.8 Å². The molecule has 0 aromatic carbocycles. The lowest BCUT2D eigenvalue weighted by Crippen LogP contribution is -2.27. The molecule has 1 unspecified atom stereocenters. The molecule has 0 aliphatic heterocycles. The van der Waals surface area contributed by atoms with Crippen LogP contribution in [-0.2, 0) is 0 Å². The highest BCUT2D eigenvalue weighted by molar-refractivity contribution is 7.12. The summed E-state index contributed by atoms with van der Waals surface area (Å²) in [5.74, 6) is 0.0529. The molecule has 1 atom stereocenters. The van der Waals surface area contributed by atoms with Crippen LogP contribution in [-0.4, -0.2) is 16.1 Å². The molecule has 5 nitrogen and oxygen atoms in total. The second-order valence-corrected chi connectivity index (χ2v) is 5.87. The van der Waals surface area contributed by atoms with Gasteiger partial charge in [0, 0.05) is 9.75 Å². The molecule has 19 heavy (non-hydrogen) atoms. The molecule has 2 rings (SSSR count). The highest BCUT2D eigenvalue weighted by atomic mass is 32.1. The minimum Gasteiger partial charge on any atom is -0.382 e. The van der Waals surface area contributed by atoms with Crippen molar-refractivity contribution in [3.8, 4) is 0 Å². The zero-order chi connectivity index (χ0) is 14.0. The van der Waals surface area contributed by atoms with E-state index >= 15 is 0 Å². The van der Waals surface area contributed by atoms with Gasteiger partial charge in [0.1, 0.15) is 5.82 Å². The SMILES string of the molecule is Cc1cc(C(C)NC(=O)c2ccc(N)nn2)c(C)s1. The van der Waals surface area contributed by atoms with Gasteiger partial charge in [-0.3, -0.25) is 4.79 Å². The predicted octanol–water partition coefficient (Wildman–Crippen LogP) is 2.23. The zero-order valence-corrected chi connectivity index (χ0v) is 11.9. The number of nitrogens with zero attached hydrogens (tertiary/aromatic N) is 2. The van der Waals surface area contributed by atoms with E-state index in [-0.39, 0.29) is 17.6 Å². The second-order valence-electron chi connectivity index (χ2n) is 4.41. The first-order valence-corrected chi connectivity index (χ1v) is 6.76. The van der Waals surface area contributed by atoms with Crippen LogP contribution in [0.2, 0.25) is 0 Å². The average molecular weight is 276 g/mol. The Morgan fingerprint density at radius 3 is 2.63 bits per heavy atom. The quantitative estimate of drug-likeness (QED) is 0.900. The number of hydrogen-bond donors (Lipinski definition) is 2. The Bertz CT molecular complexity index is 591. The topological polar surface area (TPSA) is 80.9 Å². The van der Waals surface area contributed by atoms with E-state index in [2.05, 4.69) is 35.4 Å². The van der Waals surface area contributed by atoms with Gasteiger partial charge < -0.3 is 11.1 Å². The molecular weight excluding hydrogens is 260 g/mol. The lowest BCUT2D eigenvalue weighted by atomic mass is 10.1. The van der Waals surface area contributed by atoms with Gasteiger partial charge >= 0.3 is 0 Å². The number of thiophene rings is 1. The summed E-state index contributed by atoms with van der Waals surface area (Å²) in [4.78, 5) is 14.5. The van der Waals surface area contributed by atoms with Gasteiger partial charge in [0.05, 0.1) is 6.04 Å². The van der Waals surface area contributed by atoms with Gasteiger partial charge in [-0.25, -0.2) is 0 Å². The standard InChI is InChI=1S/C13H16N4OS/c1-7-6-10(9(3)19-7)8(2)15-13(18)11-4-5-12(14)17-16-11/h4-6,8H,1-3H3,(H2,14,17)(H,15,18). The Labute approximate surface area is 115 Å². The van der Waals surface area contributed by atoms with E-state index in [0.717, 1.165) is 5.56 Å². The molecule has 0 spiro atoms. The number of rotatable bonds is 3. The summed E-state index contributed by atoms with van der Waals surface area (Å²) in [6.45, 7) is 6.07. The van der Waals surface area contributed by atoms with Crippen LogP contribution in [0.15, 0.2) is 18.2 Å². The Kier molecular flexibility index (Phi) is 3.80. The Hall–Kier alpha value is -1.95. The van der Waals surface area contributed by atoms with Crippen molar-refractivity contribution >= 4 is 23.1 Å². The van der Waals surface area contributed by atoms with Gasteiger partial charge in [-0.15, -0.1) is 21.5 Å². The predicted molar refractivity (Wildman–Crippen MR) is 76.1 cm³/mol. The molecule has 2 heterocycles. The summed E-state index contributed by atoms with van der Waals surface area (Å²) < 4.78 is 0. The van der Waals surface area contributed by atoms with E-state index < -0.39 is 0 Å². The fourth-order valence-corrected chi connectivity index (χ4v) is 2.91. The van der Waals surface area contributed by atoms with Crippen LogP contribution in [0.1, 0.15) is 38.8 Å². The molecule has 100 valence electrons. The first-order chi connectivity index (χ1) is 8.97. The molecule has 0 aliphatic carbocycles. The Balaban J connectivity index is 2.10. The van der Waals surface area contributed by atoms with Crippen molar-refractivity contribution in [2.24, 2.45) is 0 Å². The first-order valence-electron chi connectivity index (χ1n) is 5.94. The molecular formula is C13H16N4OS. The number of carbonyl (C=O) groups excluding carboxylic acids is 1. The van der Waals surface area contributed by atoms with Crippen molar-refractivity contribution in [3.63, 3.8) is 0 Å². The molecule has 0 saturated carbocycles. The molecule has 0 bridgehead atoms. The first kappa shape index (κ1) is 13.5. The maximum atomic E-state index is 12.0. The minimum absolute atomic E-state index is 0.0585. The van der Waals surface area contributed by atoms with Crippen LogP contribution >= 0.6 is 11.3 Å². The van der Waals surface area contributed by atoms with Gasteiger partial charge in [0.2, 0.25) is 0 Å². The highest BCUT2D eigenvalue weighted by Gasteiger charge is 2.15. The van der Waals surface area contributed by atoms with Gasteiger partial charge in [0.25, 0.3) is 5.91 Å². The van der Waals surface area contributed by atoms with Crippen LogP contribution in [0.3, 0.4) is 0 Å². The number of amides is 1. The van der Waals surface area contributed by atoms with E-state index in [1.807, 2.05) is 6.92 Å². The maximum Gasteiger partial charge on any atom is 0.272 e. The van der Waals surface area contributed by atoms with E-state index in [4.69, 9.17) is 5.73 Å². The number of aromatic nitrogens is 2. The third-order valence-electron chi connectivity index (χ3n) is 2.81. The van der Waals surface area contributed by atoms with E-state index in [1.54, 1.807) is 23.5 Å². The smallest absolute Gasteiger partial charge is 0.272 e. The van der Waals surface area contributed by atoms with Crippen molar-refractivity contribution < 1.29 is 4.79 Å². The minimum atomic E-state index is -0.247. The second kappa shape index (κ2) is 5.36. The fraction of sp³-hybridized carbons (Fsp3) is 0.308. The number of nitrogens with two attached hydrogens (primary N) is 1. The molecule has 2 aromatic heterocycles. The summed E-state index contributed by atoms with van der Waals surface area (Å²) >= 11 is 1.73. The molecule has 3 N–H and O–H groups in total. The van der Waals surface area contributed by atoms with Crippen molar-refractivity contribution in [2.75, 3.05) is 5.73 Å². The molecule has 0 aliphatic rings. The van der Waals surface area contributed by atoms with Gasteiger partial charge in [-0.1, -0.05) is 0 Å². The molecule has 6 heteroatoms. The fourth-order valence-electron chi connectivity index (χ4n) is 1.89. The lowest BCUT2D eigenvalue weighted by Gasteiger charge is -2.13. The monoisotopic (exact) mass is 276 g/mol. The molecule has 2 aromatic rings. The zero-order valence-electron chi connectivity index (χ0n) is 11.1. The lowest BCUT2D eigenvalue weighted by molar-refractivity contribution is 0.0934. The van der Waals surface area contributed by atoms with Crippen LogP contribution in [0.4, 0.5) is 5.82 Å². The summed E-state index contributed by atoms with van der Waals surface area (Å²) in [6.07, 6.45) is 0. The van der Waals surface area contributed by atoms with Gasteiger partial charge in [-0.2, -0.15) is 0 Å². The number of nitrogen functional groups attached to an aromatic ring is 1. The number of hydrogen-bond acceptors (Lipinski definition) is 5. The summed E-state index contributed by atoms with van der Waals surface area (Å²) in [5.41, 5.74) is 6.85. The van der Waals surface area contributed by atoms with Crippen molar-refractivity contribution in [2.45, 2.75) is 26.8 Å². The number of anilines is 1. The molecule has 0 fully saturated rings. The van der Waals surface area contributed by atoms with E-state index in [1.165, 1.54) is 9.75 Å². The average Bonchev–Trinajstić information content (AvgIpc) is 2.69. The number of carbonyl (C=O) groups is 1. The largest absolute Gasteiger partial charge is 0.382 e. The van der Waals surface area contributed by atoms with Crippen molar-refractivity contribution in [1.82, 2.24) is 15.5 Å². The summed E-state index contributed by atoms with van der Waals surface area (Å²) in [7, 11) is 0. The van der Waals surface area contributed by atoms with Crippen molar-refractivity contribution in [1.29, 1.82) is 0 Å². The molecule has 0 radical (unpaired) electrons. The van der Waals surface area contributed by atoms with E-state index in [9.17, 15) is 4.79 Å². The van der Waals surface area contributed by atoms with Crippen LogP contribution in [0.5, 0.6) is 0 Å².